The van der Waals surface area contributed by atoms with E-state index in [0.717, 1.165) is 11.1 Å². The first-order chi connectivity index (χ1) is 12.5. The van der Waals surface area contributed by atoms with Crippen molar-refractivity contribution in [2.24, 2.45) is 0 Å². The van der Waals surface area contributed by atoms with E-state index < -0.39 is 34.4 Å². The summed E-state index contributed by atoms with van der Waals surface area (Å²) in [6, 6.07) is 11.8. The van der Waals surface area contributed by atoms with E-state index in [4.69, 9.17) is 0 Å². The van der Waals surface area contributed by atoms with E-state index in [1.165, 1.54) is 24.3 Å². The number of halogens is 4. The standard InChI is InChI=1S/C22H14F4/c1-3-13-5-9-15(10-6-13)17-19(23)21(25)18(22(26)20(17)24)16-11-7-14(4-2)8-12-16/h3-12H,1-2H2. The molecule has 4 heteroatoms. The number of hydrogen-bond donors (Lipinski definition) is 0. The molecule has 0 spiro atoms. The molecule has 3 aromatic rings. The van der Waals surface area contributed by atoms with Gasteiger partial charge in [0.05, 0.1) is 11.1 Å². The number of rotatable bonds is 4. The maximum absolute atomic E-state index is 14.6. The zero-order valence-electron chi connectivity index (χ0n) is 13.7. The predicted molar refractivity (Wildman–Crippen MR) is 97.3 cm³/mol. The quantitative estimate of drug-likeness (QED) is 0.354. The van der Waals surface area contributed by atoms with Crippen LogP contribution in [-0.4, -0.2) is 0 Å². The first-order valence-corrected chi connectivity index (χ1v) is 7.79. The minimum atomic E-state index is -1.43. The Bertz CT molecular complexity index is 873. The topological polar surface area (TPSA) is 0 Å². The molecule has 0 aliphatic heterocycles. The molecule has 3 aromatic carbocycles. The Morgan fingerprint density at radius 1 is 0.500 bits per heavy atom. The second kappa shape index (κ2) is 7.00. The number of benzene rings is 3. The van der Waals surface area contributed by atoms with Crippen LogP contribution in [0.2, 0.25) is 0 Å². The molecule has 0 heterocycles. The summed E-state index contributed by atoms with van der Waals surface area (Å²) >= 11 is 0. The normalized spacial score (nSPS) is 10.6. The van der Waals surface area contributed by atoms with Gasteiger partial charge in [-0.05, 0) is 22.3 Å². The summed E-state index contributed by atoms with van der Waals surface area (Å²) in [6.07, 6.45) is 3.10. The lowest BCUT2D eigenvalue weighted by Crippen LogP contribution is -2.03. The summed E-state index contributed by atoms with van der Waals surface area (Å²) in [5.74, 6) is -5.73. The Labute approximate surface area is 148 Å². The molecule has 0 saturated carbocycles. The molecule has 0 aliphatic rings. The second-order valence-electron chi connectivity index (χ2n) is 5.66. The van der Waals surface area contributed by atoms with Gasteiger partial charge in [-0.1, -0.05) is 73.8 Å². The van der Waals surface area contributed by atoms with Gasteiger partial charge in [0.25, 0.3) is 0 Å². The van der Waals surface area contributed by atoms with E-state index in [2.05, 4.69) is 13.2 Å². The molecule has 0 N–H and O–H groups in total. The first-order valence-electron chi connectivity index (χ1n) is 7.79. The second-order valence-corrected chi connectivity index (χ2v) is 5.66. The van der Waals surface area contributed by atoms with Gasteiger partial charge in [0.15, 0.2) is 23.3 Å². The van der Waals surface area contributed by atoms with Crippen LogP contribution in [-0.2, 0) is 0 Å². The molecule has 0 saturated heterocycles. The summed E-state index contributed by atoms with van der Waals surface area (Å²) in [5.41, 5.74) is 0.0435. The van der Waals surface area contributed by atoms with E-state index in [0.29, 0.717) is 0 Å². The Morgan fingerprint density at radius 3 is 1.00 bits per heavy atom. The van der Waals surface area contributed by atoms with Crippen LogP contribution in [0.1, 0.15) is 11.1 Å². The van der Waals surface area contributed by atoms with Crippen LogP contribution in [0.3, 0.4) is 0 Å². The molecule has 0 radical (unpaired) electrons. The maximum atomic E-state index is 14.6. The molecule has 0 atom stereocenters. The monoisotopic (exact) mass is 354 g/mol. The van der Waals surface area contributed by atoms with Gasteiger partial charge in [-0.25, -0.2) is 17.6 Å². The van der Waals surface area contributed by atoms with Crippen molar-refractivity contribution in [1.82, 2.24) is 0 Å². The van der Waals surface area contributed by atoms with Crippen LogP contribution in [0.5, 0.6) is 0 Å². The third kappa shape index (κ3) is 2.94. The van der Waals surface area contributed by atoms with Gasteiger partial charge in [-0.3, -0.25) is 0 Å². The van der Waals surface area contributed by atoms with Crippen LogP contribution >= 0.6 is 0 Å². The fourth-order valence-corrected chi connectivity index (χ4v) is 2.71. The van der Waals surface area contributed by atoms with Crippen molar-refractivity contribution >= 4 is 12.2 Å². The highest BCUT2D eigenvalue weighted by molar-refractivity contribution is 5.74. The van der Waals surface area contributed by atoms with Gasteiger partial charge in [0.1, 0.15) is 0 Å². The highest BCUT2D eigenvalue weighted by atomic mass is 19.2. The molecule has 26 heavy (non-hydrogen) atoms. The lowest BCUT2D eigenvalue weighted by Gasteiger charge is -2.13. The summed E-state index contributed by atoms with van der Waals surface area (Å²) in [5, 5.41) is 0. The van der Waals surface area contributed by atoms with Gasteiger partial charge in [0.2, 0.25) is 0 Å². The van der Waals surface area contributed by atoms with Crippen molar-refractivity contribution in [1.29, 1.82) is 0 Å². The van der Waals surface area contributed by atoms with E-state index in [1.54, 1.807) is 36.4 Å². The number of hydrogen-bond acceptors (Lipinski definition) is 0. The van der Waals surface area contributed by atoms with Crippen LogP contribution in [0.15, 0.2) is 61.7 Å². The van der Waals surface area contributed by atoms with Gasteiger partial charge in [-0.2, -0.15) is 0 Å². The highest BCUT2D eigenvalue weighted by Crippen LogP contribution is 2.37. The average Bonchev–Trinajstić information content (AvgIpc) is 2.68. The molecule has 0 aromatic heterocycles. The van der Waals surface area contributed by atoms with Crippen LogP contribution in [0, 0.1) is 23.3 Å². The van der Waals surface area contributed by atoms with Crippen molar-refractivity contribution < 1.29 is 17.6 Å². The average molecular weight is 354 g/mol. The van der Waals surface area contributed by atoms with E-state index >= 15 is 0 Å². The zero-order valence-corrected chi connectivity index (χ0v) is 13.7. The predicted octanol–water partition coefficient (Wildman–Crippen LogP) is 6.86. The van der Waals surface area contributed by atoms with Gasteiger partial charge < -0.3 is 0 Å². The van der Waals surface area contributed by atoms with Crippen molar-refractivity contribution in [3.8, 4) is 22.3 Å². The van der Waals surface area contributed by atoms with Crippen LogP contribution in [0.25, 0.3) is 34.4 Å². The third-order valence-corrected chi connectivity index (χ3v) is 4.13. The van der Waals surface area contributed by atoms with Crippen LogP contribution in [0.4, 0.5) is 17.6 Å². The third-order valence-electron chi connectivity index (χ3n) is 4.13. The molecule has 130 valence electrons. The SMILES string of the molecule is C=Cc1ccc(-c2c(F)c(F)c(-c3ccc(C=C)cc3)c(F)c2F)cc1. The lowest BCUT2D eigenvalue weighted by atomic mass is 9.96. The van der Waals surface area contributed by atoms with Gasteiger partial charge in [-0.15, -0.1) is 0 Å². The van der Waals surface area contributed by atoms with Gasteiger partial charge in [0, 0.05) is 0 Å². The minimum Gasteiger partial charge on any atom is -0.203 e. The van der Waals surface area contributed by atoms with Crippen molar-refractivity contribution in [3.05, 3.63) is 96.1 Å². The Balaban J connectivity index is 2.20. The first kappa shape index (κ1) is 17.7. The molecule has 0 aliphatic carbocycles. The summed E-state index contributed by atoms with van der Waals surface area (Å²) in [6.45, 7) is 7.16. The molecule has 0 nitrogen and oxygen atoms in total. The Hall–Kier alpha value is -3.14. The van der Waals surface area contributed by atoms with Gasteiger partial charge >= 0.3 is 0 Å². The smallest absolute Gasteiger partial charge is 0.170 e. The highest BCUT2D eigenvalue weighted by Gasteiger charge is 2.27. The van der Waals surface area contributed by atoms with Crippen LogP contribution < -0.4 is 0 Å². The molecule has 0 bridgehead atoms. The largest absolute Gasteiger partial charge is 0.203 e. The Morgan fingerprint density at radius 2 is 0.769 bits per heavy atom. The summed E-state index contributed by atoms with van der Waals surface area (Å²) < 4.78 is 58.3. The van der Waals surface area contributed by atoms with E-state index in [9.17, 15) is 17.6 Å². The van der Waals surface area contributed by atoms with Crippen molar-refractivity contribution in [2.75, 3.05) is 0 Å². The van der Waals surface area contributed by atoms with E-state index in [-0.39, 0.29) is 11.1 Å². The molecular formula is C22H14F4. The maximum Gasteiger partial charge on any atom is 0.170 e. The fourth-order valence-electron chi connectivity index (χ4n) is 2.71. The molecule has 0 amide bonds. The van der Waals surface area contributed by atoms with Crippen molar-refractivity contribution in [3.63, 3.8) is 0 Å². The minimum absolute atomic E-state index is 0.0388. The zero-order chi connectivity index (χ0) is 18.8. The van der Waals surface area contributed by atoms with Crippen molar-refractivity contribution in [2.45, 2.75) is 0 Å². The molecule has 0 fully saturated rings. The summed E-state index contributed by atoms with van der Waals surface area (Å²) in [4.78, 5) is 0. The molecule has 3 rings (SSSR count). The molecule has 0 unspecified atom stereocenters. The Kier molecular flexibility index (Phi) is 4.76. The van der Waals surface area contributed by atoms with E-state index in [1.807, 2.05) is 0 Å². The lowest BCUT2D eigenvalue weighted by molar-refractivity contribution is 0.463. The fraction of sp³-hybridized carbons (Fsp3) is 0. The summed E-state index contributed by atoms with van der Waals surface area (Å²) in [7, 11) is 0. The molecular weight excluding hydrogens is 340 g/mol.